The van der Waals surface area contributed by atoms with Crippen LogP contribution in [0.1, 0.15) is 0 Å². The van der Waals surface area contributed by atoms with E-state index in [0.29, 0.717) is 10.3 Å². The number of hydrogen-bond acceptors (Lipinski definition) is 3. The van der Waals surface area contributed by atoms with E-state index in [2.05, 4.69) is 20.9 Å². The first-order valence-electron chi connectivity index (χ1n) is 3.56. The van der Waals surface area contributed by atoms with Gasteiger partial charge in [0.1, 0.15) is 15.3 Å². The summed E-state index contributed by atoms with van der Waals surface area (Å²) < 4.78 is 2.19. The molecule has 2 aromatic heterocycles. The molecule has 0 aliphatic heterocycles. The summed E-state index contributed by atoms with van der Waals surface area (Å²) >= 11 is 8.91. The molecule has 0 unspecified atom stereocenters. The van der Waals surface area contributed by atoms with Crippen LogP contribution in [-0.2, 0) is 0 Å². The lowest BCUT2D eigenvalue weighted by molar-refractivity contribution is -0.385. The van der Waals surface area contributed by atoms with Gasteiger partial charge < -0.3 is 0 Å². The largest absolute Gasteiger partial charge is 0.304 e. The normalized spacial score (nSPS) is 10.7. The molecule has 2 aromatic rings. The summed E-state index contributed by atoms with van der Waals surface area (Å²) in [5, 5.41) is 10.7. The third-order valence-corrected chi connectivity index (χ3v) is 2.62. The number of nitrogens with zero attached hydrogens (tertiary/aromatic N) is 3. The number of pyridine rings is 1. The molecule has 0 bridgehead atoms. The second-order valence-electron chi connectivity index (χ2n) is 2.57. The van der Waals surface area contributed by atoms with Crippen molar-refractivity contribution in [3.63, 3.8) is 0 Å². The van der Waals surface area contributed by atoms with E-state index in [0.717, 1.165) is 0 Å². The van der Waals surface area contributed by atoms with Crippen LogP contribution in [0.25, 0.3) is 5.65 Å². The number of fused-ring (bicyclic) bond motifs is 1. The fourth-order valence-corrected chi connectivity index (χ4v) is 1.70. The van der Waals surface area contributed by atoms with Crippen molar-refractivity contribution in [2.75, 3.05) is 0 Å². The van der Waals surface area contributed by atoms with Crippen molar-refractivity contribution in [3.8, 4) is 0 Å². The first kappa shape index (κ1) is 9.42. The lowest BCUT2D eigenvalue weighted by Crippen LogP contribution is -1.93. The Balaban J connectivity index is 2.80. The highest BCUT2D eigenvalue weighted by molar-refractivity contribution is 9.10. The molecular weight excluding hydrogens is 273 g/mol. The van der Waals surface area contributed by atoms with E-state index < -0.39 is 4.92 Å². The summed E-state index contributed by atoms with van der Waals surface area (Å²) in [5.74, 6) is 0. The van der Waals surface area contributed by atoms with Gasteiger partial charge in [0.15, 0.2) is 0 Å². The van der Waals surface area contributed by atoms with E-state index in [1.807, 2.05) is 0 Å². The van der Waals surface area contributed by atoms with Gasteiger partial charge in [0.2, 0.25) is 0 Å². The molecule has 0 radical (unpaired) electrons. The Bertz CT molecular complexity index is 525. The molecule has 0 spiro atoms. The first-order chi connectivity index (χ1) is 6.59. The van der Waals surface area contributed by atoms with E-state index in [4.69, 9.17) is 11.6 Å². The van der Waals surface area contributed by atoms with Crippen molar-refractivity contribution in [1.29, 1.82) is 0 Å². The van der Waals surface area contributed by atoms with Crippen LogP contribution in [0, 0.1) is 10.1 Å². The van der Waals surface area contributed by atoms with Gasteiger partial charge in [-0.2, -0.15) is 0 Å². The van der Waals surface area contributed by atoms with Crippen molar-refractivity contribution < 1.29 is 4.92 Å². The topological polar surface area (TPSA) is 60.4 Å². The molecule has 0 N–H and O–H groups in total. The van der Waals surface area contributed by atoms with Gasteiger partial charge in [0, 0.05) is 6.07 Å². The van der Waals surface area contributed by atoms with E-state index in [1.54, 1.807) is 10.6 Å². The van der Waals surface area contributed by atoms with Crippen LogP contribution in [0.5, 0.6) is 0 Å². The monoisotopic (exact) mass is 275 g/mol. The van der Waals surface area contributed by atoms with Crippen LogP contribution in [0.15, 0.2) is 23.1 Å². The lowest BCUT2D eigenvalue weighted by Gasteiger charge is -1.97. The molecule has 0 aliphatic carbocycles. The van der Waals surface area contributed by atoms with Crippen LogP contribution >= 0.6 is 27.5 Å². The van der Waals surface area contributed by atoms with Gasteiger partial charge in [-0.05, 0) is 15.9 Å². The molecule has 0 saturated heterocycles. The zero-order valence-electron chi connectivity index (χ0n) is 6.65. The van der Waals surface area contributed by atoms with Crippen molar-refractivity contribution in [2.24, 2.45) is 0 Å². The fraction of sp³-hybridized carbons (Fsp3) is 0. The number of aromatic nitrogens is 2. The van der Waals surface area contributed by atoms with Gasteiger partial charge in [-0.3, -0.25) is 14.5 Å². The minimum absolute atomic E-state index is 0.0839. The molecule has 2 rings (SSSR count). The van der Waals surface area contributed by atoms with Gasteiger partial charge in [-0.15, -0.1) is 0 Å². The molecule has 0 saturated carbocycles. The minimum Gasteiger partial charge on any atom is -0.287 e. The highest BCUT2D eigenvalue weighted by atomic mass is 79.9. The summed E-state index contributed by atoms with van der Waals surface area (Å²) in [5.41, 5.74) is 0.422. The maximum Gasteiger partial charge on any atom is 0.304 e. The summed E-state index contributed by atoms with van der Waals surface area (Å²) in [6, 6.07) is 1.45. The molecular formula is C7H3BrClN3O2. The van der Waals surface area contributed by atoms with E-state index in [-0.39, 0.29) is 10.7 Å². The molecule has 0 amide bonds. The van der Waals surface area contributed by atoms with E-state index in [1.165, 1.54) is 12.3 Å². The van der Waals surface area contributed by atoms with E-state index >= 15 is 0 Å². The van der Waals surface area contributed by atoms with Crippen molar-refractivity contribution in [2.45, 2.75) is 0 Å². The molecule has 72 valence electrons. The predicted molar refractivity (Wildman–Crippen MR) is 54.6 cm³/mol. The maximum absolute atomic E-state index is 10.6. The summed E-state index contributed by atoms with van der Waals surface area (Å²) in [4.78, 5) is 14.0. The van der Waals surface area contributed by atoms with Crippen molar-refractivity contribution in [3.05, 3.63) is 38.2 Å². The Labute approximate surface area is 91.6 Å². The Hall–Kier alpha value is -1.14. The van der Waals surface area contributed by atoms with Gasteiger partial charge in [0.05, 0.1) is 17.3 Å². The Kier molecular flexibility index (Phi) is 2.16. The summed E-state index contributed by atoms with van der Waals surface area (Å²) in [6.07, 6.45) is 2.88. The van der Waals surface area contributed by atoms with Crippen LogP contribution in [0.4, 0.5) is 5.69 Å². The highest BCUT2D eigenvalue weighted by Crippen LogP contribution is 2.26. The smallest absolute Gasteiger partial charge is 0.287 e. The average Bonchev–Trinajstić information content (AvgIpc) is 2.46. The van der Waals surface area contributed by atoms with Crippen LogP contribution in [0.3, 0.4) is 0 Å². The third kappa shape index (κ3) is 1.36. The maximum atomic E-state index is 10.6. The molecule has 14 heavy (non-hydrogen) atoms. The lowest BCUT2D eigenvalue weighted by atomic mass is 10.4. The van der Waals surface area contributed by atoms with Crippen LogP contribution < -0.4 is 0 Å². The molecule has 7 heteroatoms. The average molecular weight is 276 g/mol. The van der Waals surface area contributed by atoms with Gasteiger partial charge in [0.25, 0.3) is 0 Å². The summed E-state index contributed by atoms with van der Waals surface area (Å²) in [7, 11) is 0. The number of imidazole rings is 1. The Morgan fingerprint density at radius 1 is 1.64 bits per heavy atom. The van der Waals surface area contributed by atoms with Crippen LogP contribution in [-0.4, -0.2) is 14.3 Å². The third-order valence-electron chi connectivity index (χ3n) is 1.73. The SMILES string of the molecule is O=[N+]([O-])c1cn2c(Br)cnc2cc1Cl. The Morgan fingerprint density at radius 2 is 2.36 bits per heavy atom. The predicted octanol–water partition coefficient (Wildman–Crippen LogP) is 2.66. The second kappa shape index (κ2) is 3.21. The highest BCUT2D eigenvalue weighted by Gasteiger charge is 2.15. The standard InChI is InChI=1S/C7H3BrClN3O2/c8-6-2-10-7-1-4(9)5(12(13)14)3-11(6)7/h1-3H. The Morgan fingerprint density at radius 3 is 3.00 bits per heavy atom. The van der Waals surface area contributed by atoms with E-state index in [9.17, 15) is 10.1 Å². The number of rotatable bonds is 1. The van der Waals surface area contributed by atoms with Gasteiger partial charge in [-0.1, -0.05) is 11.6 Å². The van der Waals surface area contributed by atoms with Gasteiger partial charge >= 0.3 is 5.69 Å². The minimum atomic E-state index is -0.534. The second-order valence-corrected chi connectivity index (χ2v) is 3.79. The number of halogens is 2. The zero-order chi connectivity index (χ0) is 10.3. The fourth-order valence-electron chi connectivity index (χ4n) is 1.09. The molecule has 0 aliphatic rings. The zero-order valence-corrected chi connectivity index (χ0v) is 8.99. The number of nitro groups is 1. The number of hydrogen-bond donors (Lipinski definition) is 0. The molecule has 0 atom stereocenters. The van der Waals surface area contributed by atoms with Crippen LogP contribution in [0.2, 0.25) is 5.02 Å². The first-order valence-corrected chi connectivity index (χ1v) is 4.73. The quantitative estimate of drug-likeness (QED) is 0.594. The van der Waals surface area contributed by atoms with Crippen molar-refractivity contribution >= 4 is 38.9 Å². The molecule has 0 fully saturated rings. The molecule has 0 aromatic carbocycles. The summed E-state index contributed by atoms with van der Waals surface area (Å²) in [6.45, 7) is 0. The van der Waals surface area contributed by atoms with Gasteiger partial charge in [-0.25, -0.2) is 4.98 Å². The molecule has 2 heterocycles. The van der Waals surface area contributed by atoms with Crippen molar-refractivity contribution in [1.82, 2.24) is 9.38 Å². The molecule has 5 nitrogen and oxygen atoms in total.